The van der Waals surface area contributed by atoms with Crippen molar-refractivity contribution in [3.05, 3.63) is 64.4 Å². The zero-order chi connectivity index (χ0) is 29.0. The summed E-state index contributed by atoms with van der Waals surface area (Å²) in [6.07, 6.45) is 2.21. The number of methoxy groups -OCH3 is 1. The van der Waals surface area contributed by atoms with Crippen molar-refractivity contribution in [2.45, 2.75) is 58.9 Å². The van der Waals surface area contributed by atoms with E-state index in [9.17, 15) is 14.9 Å². The van der Waals surface area contributed by atoms with Gasteiger partial charge in [0.05, 0.1) is 18.2 Å². The lowest BCUT2D eigenvalue weighted by atomic mass is 9.84. The van der Waals surface area contributed by atoms with Crippen LogP contribution in [0.1, 0.15) is 78.1 Å². The number of rotatable bonds is 8. The van der Waals surface area contributed by atoms with Gasteiger partial charge in [-0.15, -0.1) is 0 Å². The second kappa shape index (κ2) is 11.9. The minimum Gasteiger partial charge on any atom is -0.495 e. The molecule has 1 fully saturated rings. The maximum absolute atomic E-state index is 13.4. The van der Waals surface area contributed by atoms with E-state index in [0.717, 1.165) is 42.6 Å². The highest BCUT2D eigenvalue weighted by Crippen LogP contribution is 2.33. The molecule has 2 N–H and O–H groups in total. The van der Waals surface area contributed by atoms with Crippen LogP contribution in [0, 0.1) is 18.3 Å². The molecule has 0 saturated carbocycles. The smallest absolute Gasteiger partial charge is 0.289 e. The first-order chi connectivity index (χ1) is 19.0. The first kappa shape index (κ1) is 28.8. The Morgan fingerprint density at radius 1 is 1.20 bits per heavy atom. The minimum absolute atomic E-state index is 0.137. The molecular formula is C31H37N5O4. The molecule has 0 bridgehead atoms. The first-order valence-electron chi connectivity index (χ1n) is 13.6. The van der Waals surface area contributed by atoms with Crippen molar-refractivity contribution in [2.24, 2.45) is 0 Å². The average Bonchev–Trinajstić information content (AvgIpc) is 3.61. The third kappa shape index (κ3) is 6.18. The van der Waals surface area contributed by atoms with Gasteiger partial charge >= 0.3 is 0 Å². The molecule has 2 aromatic carbocycles. The number of nitriles is 1. The van der Waals surface area contributed by atoms with E-state index in [2.05, 4.69) is 33.7 Å². The monoisotopic (exact) mass is 543 g/mol. The third-order valence-corrected chi connectivity index (χ3v) is 7.43. The molecule has 1 atom stereocenters. The van der Waals surface area contributed by atoms with Crippen LogP contribution >= 0.6 is 0 Å². The van der Waals surface area contributed by atoms with E-state index >= 15 is 0 Å². The Labute approximate surface area is 235 Å². The predicted octanol–water partition coefficient (Wildman–Crippen LogP) is 5.29. The zero-order valence-electron chi connectivity index (χ0n) is 24.1. The summed E-state index contributed by atoms with van der Waals surface area (Å²) in [7, 11) is 1.44. The number of nitrogens with one attached hydrogen (secondary N) is 2. The van der Waals surface area contributed by atoms with E-state index in [1.807, 2.05) is 33.8 Å². The number of likely N-dealkylation sites (N-methyl/N-ethyl adjacent to an activating group) is 1. The summed E-state index contributed by atoms with van der Waals surface area (Å²) >= 11 is 0. The Balaban J connectivity index is 1.54. The maximum atomic E-state index is 13.4. The van der Waals surface area contributed by atoms with Crippen LogP contribution in [0.5, 0.6) is 5.75 Å². The molecule has 1 aliphatic rings. The number of carbonyl (C=O) groups excluding carboxylic acids is 2. The molecule has 1 aromatic heterocycles. The lowest BCUT2D eigenvalue weighted by molar-refractivity contribution is 0.0904. The molecule has 2 amide bonds. The number of amides is 2. The highest BCUT2D eigenvalue weighted by molar-refractivity contribution is 6.07. The Morgan fingerprint density at radius 2 is 1.98 bits per heavy atom. The van der Waals surface area contributed by atoms with E-state index in [1.54, 1.807) is 30.3 Å². The summed E-state index contributed by atoms with van der Waals surface area (Å²) in [6.45, 7) is 12.7. The zero-order valence-corrected chi connectivity index (χ0v) is 24.1. The van der Waals surface area contributed by atoms with Gasteiger partial charge < -0.3 is 19.9 Å². The van der Waals surface area contributed by atoms with Crippen LogP contribution in [0.2, 0.25) is 0 Å². The molecule has 1 saturated heterocycles. The van der Waals surface area contributed by atoms with Gasteiger partial charge in [-0.3, -0.25) is 14.5 Å². The first-order valence-corrected chi connectivity index (χ1v) is 13.6. The van der Waals surface area contributed by atoms with Crippen molar-refractivity contribution in [3.63, 3.8) is 0 Å². The molecule has 4 rings (SSSR count). The number of aromatic nitrogens is 1. The Hall–Kier alpha value is -4.16. The number of aryl methyl sites for hydroxylation is 1. The van der Waals surface area contributed by atoms with Gasteiger partial charge in [0.1, 0.15) is 17.5 Å². The quantitative estimate of drug-likeness (QED) is 0.396. The van der Waals surface area contributed by atoms with Gasteiger partial charge in [-0.2, -0.15) is 5.26 Å². The fourth-order valence-corrected chi connectivity index (χ4v) is 5.06. The lowest BCUT2D eigenvalue weighted by Crippen LogP contribution is -2.39. The van der Waals surface area contributed by atoms with Gasteiger partial charge in [0.2, 0.25) is 5.76 Å². The Morgan fingerprint density at radius 3 is 2.65 bits per heavy atom. The summed E-state index contributed by atoms with van der Waals surface area (Å²) in [6, 6.07) is 13.0. The molecule has 9 heteroatoms. The largest absolute Gasteiger partial charge is 0.495 e. The van der Waals surface area contributed by atoms with Crippen molar-refractivity contribution in [1.29, 1.82) is 5.26 Å². The number of hydrogen-bond acceptors (Lipinski definition) is 7. The van der Waals surface area contributed by atoms with E-state index in [-0.39, 0.29) is 28.4 Å². The summed E-state index contributed by atoms with van der Waals surface area (Å²) in [5, 5.41) is 19.7. The predicted molar refractivity (Wildman–Crippen MR) is 154 cm³/mol. The lowest BCUT2D eigenvalue weighted by Gasteiger charge is -2.22. The molecule has 9 nitrogen and oxygen atoms in total. The van der Waals surface area contributed by atoms with Gasteiger partial charge in [-0.05, 0) is 73.7 Å². The number of likely N-dealkylation sites (tertiary alicyclic amines) is 1. The second-order valence-electron chi connectivity index (χ2n) is 11.2. The normalized spacial score (nSPS) is 15.5. The van der Waals surface area contributed by atoms with Gasteiger partial charge in [0.25, 0.3) is 11.8 Å². The number of nitrogens with zero attached hydrogens (tertiary/aromatic N) is 3. The van der Waals surface area contributed by atoms with Gasteiger partial charge in [-0.25, -0.2) is 0 Å². The van der Waals surface area contributed by atoms with Gasteiger partial charge in [-0.1, -0.05) is 38.9 Å². The molecule has 2 heterocycles. The van der Waals surface area contributed by atoms with Crippen LogP contribution in [-0.2, 0) is 5.41 Å². The average molecular weight is 544 g/mol. The fraction of sp³-hybridized carbons (Fsp3) is 0.419. The summed E-state index contributed by atoms with van der Waals surface area (Å²) in [4.78, 5) is 28.5. The van der Waals surface area contributed by atoms with Crippen molar-refractivity contribution >= 4 is 17.5 Å². The summed E-state index contributed by atoms with van der Waals surface area (Å²) < 4.78 is 10.8. The molecule has 1 aliphatic heterocycles. The molecule has 0 aliphatic carbocycles. The minimum atomic E-state index is -0.400. The highest BCUT2D eigenvalue weighted by atomic mass is 16.5. The fourth-order valence-electron chi connectivity index (χ4n) is 5.06. The number of carbonyl (C=O) groups is 2. The van der Waals surface area contributed by atoms with Crippen molar-refractivity contribution in [1.82, 2.24) is 15.4 Å². The molecular weight excluding hydrogens is 506 g/mol. The van der Waals surface area contributed by atoms with Crippen molar-refractivity contribution in [2.75, 3.05) is 32.1 Å². The van der Waals surface area contributed by atoms with Crippen LogP contribution < -0.4 is 15.4 Å². The number of hydrogen-bond donors (Lipinski definition) is 2. The molecule has 210 valence electrons. The summed E-state index contributed by atoms with van der Waals surface area (Å²) in [5.74, 6) is -0.338. The molecule has 3 aromatic rings. The van der Waals surface area contributed by atoms with E-state index in [1.165, 1.54) is 7.11 Å². The molecule has 1 unspecified atom stereocenters. The number of anilines is 1. The van der Waals surface area contributed by atoms with Crippen molar-refractivity contribution < 1.29 is 18.8 Å². The maximum Gasteiger partial charge on any atom is 0.289 e. The SMILES string of the molecule is CCN1CCCC1CNC(=O)c1cc(-c2cc(NC(=O)c3cc(C(C)(C)C)cc(C#N)c3OC)ccc2C)no1. The molecule has 0 radical (unpaired) electrons. The standard InChI is InChI=1S/C31H37N5O4/c1-7-36-12-8-9-23(36)18-33-30(38)27-16-26(35-40-27)24-15-22(11-10-19(24)2)34-29(37)25-14-21(31(3,4)5)13-20(17-32)28(25)39-6/h10-11,13-16,23H,7-9,12,18H2,1-6H3,(H,33,38)(H,34,37). The Bertz CT molecular complexity index is 1450. The van der Waals surface area contributed by atoms with E-state index in [4.69, 9.17) is 9.26 Å². The van der Waals surface area contributed by atoms with E-state index in [0.29, 0.717) is 29.5 Å². The molecule has 0 spiro atoms. The molecule has 40 heavy (non-hydrogen) atoms. The van der Waals surface area contributed by atoms with Crippen molar-refractivity contribution in [3.8, 4) is 23.1 Å². The number of ether oxygens (including phenoxy) is 1. The van der Waals surface area contributed by atoms with Gasteiger partial charge in [0.15, 0.2) is 0 Å². The van der Waals surface area contributed by atoms with E-state index < -0.39 is 5.91 Å². The highest BCUT2D eigenvalue weighted by Gasteiger charge is 2.25. The van der Waals surface area contributed by atoms with Crippen LogP contribution in [0.15, 0.2) is 40.9 Å². The Kier molecular flexibility index (Phi) is 8.60. The van der Waals surface area contributed by atoms with Crippen LogP contribution in [0.4, 0.5) is 5.69 Å². The topological polar surface area (TPSA) is 120 Å². The van der Waals surface area contributed by atoms with Gasteiger partial charge in [0, 0.05) is 29.9 Å². The van der Waals surface area contributed by atoms with Crippen LogP contribution in [0.25, 0.3) is 11.3 Å². The summed E-state index contributed by atoms with van der Waals surface area (Å²) in [5.41, 5.74) is 3.81. The van der Waals surface area contributed by atoms with Crippen LogP contribution in [0.3, 0.4) is 0 Å². The third-order valence-electron chi connectivity index (χ3n) is 7.43. The number of benzene rings is 2. The second-order valence-corrected chi connectivity index (χ2v) is 11.2. The van der Waals surface area contributed by atoms with Crippen LogP contribution in [-0.4, -0.2) is 54.7 Å².